The molecule has 2 heterocycles. The zero-order valence-electron chi connectivity index (χ0n) is 18.1. The number of Topliss-reactive ketones (excluding diaryl/α,β-unsaturated/α-hetero) is 1. The molecular formula is C24H19Cl2N3O4. The smallest absolute Gasteiger partial charge is 0.359 e. The van der Waals surface area contributed by atoms with E-state index in [1.165, 1.54) is 7.05 Å². The monoisotopic (exact) mass is 483 g/mol. The minimum atomic E-state index is -0.784. The van der Waals surface area contributed by atoms with E-state index in [-0.39, 0.29) is 17.0 Å². The maximum absolute atomic E-state index is 12.9. The molecule has 0 fully saturated rings. The van der Waals surface area contributed by atoms with E-state index in [1.807, 2.05) is 11.5 Å². The van der Waals surface area contributed by atoms with Gasteiger partial charge in [-0.1, -0.05) is 41.4 Å². The summed E-state index contributed by atoms with van der Waals surface area (Å²) < 4.78 is 8.23. The average Bonchev–Trinajstić information content (AvgIpc) is 3.10. The molecule has 0 aliphatic carbocycles. The molecule has 7 nitrogen and oxygen atoms in total. The third kappa shape index (κ3) is 4.17. The summed E-state index contributed by atoms with van der Waals surface area (Å²) in [7, 11) is 1.45. The molecule has 0 spiro atoms. The van der Waals surface area contributed by atoms with Crippen LogP contribution >= 0.6 is 23.2 Å². The standard InChI is InChI=1S/C24H19Cl2N3O4/c1-13-10-18(14(2)29(13)15-8-9-19(25)20(26)11-15)21(30)12-33-24(32)22-16-6-4-5-7-17(16)23(31)28(3)27-22/h4-11H,12H2,1-3H3. The summed E-state index contributed by atoms with van der Waals surface area (Å²) in [6.07, 6.45) is 0. The summed E-state index contributed by atoms with van der Waals surface area (Å²) in [5.41, 5.74) is 2.32. The lowest BCUT2D eigenvalue weighted by atomic mass is 10.1. The molecule has 9 heteroatoms. The number of halogens is 2. The number of nitrogens with zero attached hydrogens (tertiary/aromatic N) is 3. The molecule has 0 saturated heterocycles. The Bertz CT molecular complexity index is 1490. The number of esters is 1. The maximum atomic E-state index is 12.9. The first kappa shape index (κ1) is 22.8. The molecule has 4 rings (SSSR count). The van der Waals surface area contributed by atoms with Gasteiger partial charge in [0, 0.05) is 35.1 Å². The maximum Gasteiger partial charge on any atom is 0.359 e. The zero-order chi connectivity index (χ0) is 23.9. The Morgan fingerprint density at radius 3 is 2.39 bits per heavy atom. The van der Waals surface area contributed by atoms with Crippen molar-refractivity contribution in [2.75, 3.05) is 6.61 Å². The minimum absolute atomic E-state index is 0.0261. The van der Waals surface area contributed by atoms with Gasteiger partial charge in [0.1, 0.15) is 0 Å². The van der Waals surface area contributed by atoms with Crippen molar-refractivity contribution in [2.24, 2.45) is 7.05 Å². The second-order valence-electron chi connectivity index (χ2n) is 7.54. The van der Waals surface area contributed by atoms with Crippen molar-refractivity contribution in [1.29, 1.82) is 0 Å². The number of ether oxygens (including phenoxy) is 1. The number of hydrogen-bond donors (Lipinski definition) is 0. The van der Waals surface area contributed by atoms with Gasteiger partial charge in [-0.2, -0.15) is 5.10 Å². The highest BCUT2D eigenvalue weighted by Crippen LogP contribution is 2.28. The van der Waals surface area contributed by atoms with Crippen LogP contribution in [0.5, 0.6) is 0 Å². The fourth-order valence-electron chi connectivity index (χ4n) is 3.79. The lowest BCUT2D eigenvalue weighted by Crippen LogP contribution is -2.24. The summed E-state index contributed by atoms with van der Waals surface area (Å²) in [6, 6.07) is 13.6. The molecule has 168 valence electrons. The van der Waals surface area contributed by atoms with Crippen LogP contribution in [0.2, 0.25) is 10.0 Å². The van der Waals surface area contributed by atoms with Crippen molar-refractivity contribution in [3.8, 4) is 5.69 Å². The molecule has 0 aliphatic rings. The van der Waals surface area contributed by atoms with E-state index in [9.17, 15) is 14.4 Å². The Morgan fingerprint density at radius 2 is 1.70 bits per heavy atom. The van der Waals surface area contributed by atoms with Crippen LogP contribution in [-0.2, 0) is 11.8 Å². The third-order valence-electron chi connectivity index (χ3n) is 5.38. The highest BCUT2D eigenvalue weighted by Gasteiger charge is 2.21. The molecule has 4 aromatic rings. The van der Waals surface area contributed by atoms with E-state index >= 15 is 0 Å². The van der Waals surface area contributed by atoms with Gasteiger partial charge in [0.25, 0.3) is 5.56 Å². The Morgan fingerprint density at radius 1 is 1.00 bits per heavy atom. The minimum Gasteiger partial charge on any atom is -0.452 e. The lowest BCUT2D eigenvalue weighted by molar-refractivity contribution is 0.0468. The highest BCUT2D eigenvalue weighted by atomic mass is 35.5. The first-order valence-electron chi connectivity index (χ1n) is 9.99. The van der Waals surface area contributed by atoms with E-state index in [0.717, 1.165) is 16.1 Å². The van der Waals surface area contributed by atoms with Crippen molar-refractivity contribution < 1.29 is 14.3 Å². The van der Waals surface area contributed by atoms with Crippen molar-refractivity contribution in [3.63, 3.8) is 0 Å². The van der Waals surface area contributed by atoms with Crippen LogP contribution in [0.3, 0.4) is 0 Å². The van der Waals surface area contributed by atoms with Crippen LogP contribution < -0.4 is 5.56 Å². The molecule has 0 amide bonds. The number of aromatic nitrogens is 3. The topological polar surface area (TPSA) is 83.2 Å². The van der Waals surface area contributed by atoms with Crippen molar-refractivity contribution in [1.82, 2.24) is 14.3 Å². The van der Waals surface area contributed by atoms with Crippen LogP contribution in [0, 0.1) is 13.8 Å². The van der Waals surface area contributed by atoms with E-state index in [1.54, 1.807) is 55.5 Å². The number of benzene rings is 2. The van der Waals surface area contributed by atoms with Crippen LogP contribution in [0.15, 0.2) is 53.3 Å². The third-order valence-corrected chi connectivity index (χ3v) is 6.12. The molecule has 0 saturated carbocycles. The second-order valence-corrected chi connectivity index (χ2v) is 8.36. The van der Waals surface area contributed by atoms with E-state index in [2.05, 4.69) is 5.10 Å². The quantitative estimate of drug-likeness (QED) is 0.303. The van der Waals surface area contributed by atoms with Crippen molar-refractivity contribution in [3.05, 3.63) is 91.6 Å². The molecule has 2 aromatic carbocycles. The predicted molar refractivity (Wildman–Crippen MR) is 127 cm³/mol. The Balaban J connectivity index is 1.59. The number of aryl methyl sites for hydroxylation is 2. The number of hydrogen-bond acceptors (Lipinski definition) is 5. The van der Waals surface area contributed by atoms with Crippen LogP contribution in [-0.4, -0.2) is 32.7 Å². The molecule has 0 unspecified atom stereocenters. The second kappa shape index (κ2) is 8.84. The summed E-state index contributed by atoms with van der Waals surface area (Å²) in [5.74, 6) is -1.15. The predicted octanol–water partition coefficient (Wildman–Crippen LogP) is 4.69. The van der Waals surface area contributed by atoms with E-state index < -0.39 is 12.6 Å². The van der Waals surface area contributed by atoms with Gasteiger partial charge in [0.2, 0.25) is 5.78 Å². The zero-order valence-corrected chi connectivity index (χ0v) is 19.6. The summed E-state index contributed by atoms with van der Waals surface area (Å²) in [6.45, 7) is 3.19. The molecular weight excluding hydrogens is 465 g/mol. The largest absolute Gasteiger partial charge is 0.452 e. The number of carbonyl (C=O) groups excluding carboxylic acids is 2. The van der Waals surface area contributed by atoms with Crippen LogP contribution in [0.1, 0.15) is 32.2 Å². The first-order valence-corrected chi connectivity index (χ1v) is 10.8. The van der Waals surface area contributed by atoms with Crippen molar-refractivity contribution >= 4 is 45.7 Å². The summed E-state index contributed by atoms with van der Waals surface area (Å²) >= 11 is 12.2. The Kier molecular flexibility index (Phi) is 6.10. The van der Waals surface area contributed by atoms with Crippen molar-refractivity contribution in [2.45, 2.75) is 13.8 Å². The number of carbonyl (C=O) groups is 2. The van der Waals surface area contributed by atoms with E-state index in [0.29, 0.717) is 32.1 Å². The molecule has 0 N–H and O–H groups in total. The van der Waals surface area contributed by atoms with Gasteiger partial charge in [0.15, 0.2) is 12.3 Å². The van der Waals surface area contributed by atoms with Crippen LogP contribution in [0.25, 0.3) is 16.5 Å². The average molecular weight is 484 g/mol. The van der Waals surface area contributed by atoms with Gasteiger partial charge in [-0.3, -0.25) is 9.59 Å². The van der Waals surface area contributed by atoms with Crippen LogP contribution in [0.4, 0.5) is 0 Å². The fourth-order valence-corrected chi connectivity index (χ4v) is 4.09. The van der Waals surface area contributed by atoms with Gasteiger partial charge >= 0.3 is 5.97 Å². The fraction of sp³-hybridized carbons (Fsp3) is 0.167. The number of rotatable bonds is 5. The van der Waals surface area contributed by atoms with Gasteiger partial charge < -0.3 is 9.30 Å². The summed E-state index contributed by atoms with van der Waals surface area (Å²) in [5, 5.41) is 5.59. The lowest BCUT2D eigenvalue weighted by Gasteiger charge is -2.11. The van der Waals surface area contributed by atoms with Gasteiger partial charge in [-0.05, 0) is 44.2 Å². The molecule has 0 atom stereocenters. The molecule has 0 radical (unpaired) electrons. The van der Waals surface area contributed by atoms with Gasteiger partial charge in [-0.25, -0.2) is 9.48 Å². The van der Waals surface area contributed by atoms with Gasteiger partial charge in [-0.15, -0.1) is 0 Å². The van der Waals surface area contributed by atoms with E-state index in [4.69, 9.17) is 27.9 Å². The summed E-state index contributed by atoms with van der Waals surface area (Å²) in [4.78, 5) is 37.9. The number of ketones is 1. The Labute approximate surface area is 199 Å². The molecule has 2 aromatic heterocycles. The highest BCUT2D eigenvalue weighted by molar-refractivity contribution is 6.42. The first-order chi connectivity index (χ1) is 15.7. The molecule has 33 heavy (non-hydrogen) atoms. The molecule has 0 bridgehead atoms. The number of fused-ring (bicyclic) bond motifs is 1. The van der Waals surface area contributed by atoms with Gasteiger partial charge in [0.05, 0.1) is 15.4 Å². The normalized spacial score (nSPS) is 11.1. The molecule has 0 aliphatic heterocycles. The Hall–Kier alpha value is -3.42. The SMILES string of the molecule is Cc1cc(C(=O)COC(=O)c2nn(C)c(=O)c3ccccc23)c(C)n1-c1ccc(Cl)c(Cl)c1.